The maximum atomic E-state index is 12.2. The van der Waals surface area contributed by atoms with Gasteiger partial charge in [0.1, 0.15) is 6.10 Å². The fourth-order valence-electron chi connectivity index (χ4n) is 3.73. The van der Waals surface area contributed by atoms with E-state index in [1.54, 1.807) is 6.20 Å². The Kier molecular flexibility index (Phi) is 7.27. The Morgan fingerprint density at radius 3 is 2.40 bits per heavy atom. The lowest BCUT2D eigenvalue weighted by molar-refractivity contribution is -0.115. The molecule has 7 nitrogen and oxygen atoms in total. The summed E-state index contributed by atoms with van der Waals surface area (Å²) in [6.45, 7) is 6.14. The van der Waals surface area contributed by atoms with E-state index in [-0.39, 0.29) is 18.6 Å². The summed E-state index contributed by atoms with van der Waals surface area (Å²) in [5.74, 6) is 0.351. The molecule has 3 amide bonds. The van der Waals surface area contributed by atoms with Gasteiger partial charge in [-0.2, -0.15) is 0 Å². The summed E-state index contributed by atoms with van der Waals surface area (Å²) in [4.78, 5) is 28.5. The van der Waals surface area contributed by atoms with E-state index in [2.05, 4.69) is 20.9 Å². The predicted octanol–water partition coefficient (Wildman–Crippen LogP) is 3.77. The third-order valence-corrected chi connectivity index (χ3v) is 5.19. The number of nitrogens with zero attached hydrogens (tertiary/aromatic N) is 1. The van der Waals surface area contributed by atoms with Gasteiger partial charge in [0, 0.05) is 24.5 Å². The average molecular weight is 411 g/mol. The van der Waals surface area contributed by atoms with Crippen LogP contribution in [0, 0.1) is 20.8 Å². The molecule has 0 atom stereocenters. The van der Waals surface area contributed by atoms with Crippen LogP contribution in [-0.4, -0.2) is 29.6 Å². The minimum Gasteiger partial charge on any atom is -0.474 e. The van der Waals surface area contributed by atoms with Gasteiger partial charge in [-0.05, 0) is 63.1 Å². The largest absolute Gasteiger partial charge is 0.474 e. The van der Waals surface area contributed by atoms with Crippen LogP contribution in [0.1, 0.15) is 47.9 Å². The third kappa shape index (κ3) is 6.20. The van der Waals surface area contributed by atoms with Crippen LogP contribution in [0.25, 0.3) is 0 Å². The van der Waals surface area contributed by atoms with Crippen molar-refractivity contribution in [2.75, 3.05) is 11.9 Å². The second-order valence-electron chi connectivity index (χ2n) is 7.89. The van der Waals surface area contributed by atoms with E-state index in [9.17, 15) is 9.59 Å². The van der Waals surface area contributed by atoms with Crippen molar-refractivity contribution in [3.05, 3.63) is 52.7 Å². The Bertz CT molecular complexity index is 867. The molecule has 0 radical (unpaired) electrons. The highest BCUT2D eigenvalue weighted by atomic mass is 16.5. The number of benzene rings is 1. The summed E-state index contributed by atoms with van der Waals surface area (Å²) in [5, 5.41) is 8.17. The van der Waals surface area contributed by atoms with Gasteiger partial charge in [-0.15, -0.1) is 0 Å². The van der Waals surface area contributed by atoms with Crippen molar-refractivity contribution in [3.63, 3.8) is 0 Å². The van der Waals surface area contributed by atoms with Gasteiger partial charge in [-0.25, -0.2) is 9.78 Å². The highest BCUT2D eigenvalue weighted by molar-refractivity contribution is 5.95. The van der Waals surface area contributed by atoms with Crippen molar-refractivity contribution in [2.45, 2.75) is 59.1 Å². The van der Waals surface area contributed by atoms with Gasteiger partial charge >= 0.3 is 6.03 Å². The molecule has 160 valence electrons. The standard InChI is InChI=1S/C23H30N4O3/c1-15-10-16(2)22(17(3)11-15)27-20(28)14-26-23(29)25-13-18-8-9-21(24-12-18)30-19-6-4-5-7-19/h8-12,19H,4-7,13-14H2,1-3H3,(H,27,28)(H2,25,26,29). The zero-order valence-corrected chi connectivity index (χ0v) is 17.9. The lowest BCUT2D eigenvalue weighted by Gasteiger charge is -2.14. The number of nitrogens with one attached hydrogen (secondary N) is 3. The van der Waals surface area contributed by atoms with E-state index >= 15 is 0 Å². The molecule has 7 heteroatoms. The molecule has 3 rings (SSSR count). The first-order valence-electron chi connectivity index (χ1n) is 10.4. The molecule has 0 saturated heterocycles. The molecule has 0 spiro atoms. The van der Waals surface area contributed by atoms with Gasteiger partial charge in [0.15, 0.2) is 0 Å². The van der Waals surface area contributed by atoms with Crippen molar-refractivity contribution in [1.82, 2.24) is 15.6 Å². The quantitative estimate of drug-likeness (QED) is 0.648. The predicted molar refractivity (Wildman–Crippen MR) is 117 cm³/mol. The van der Waals surface area contributed by atoms with Crippen molar-refractivity contribution in [2.24, 2.45) is 0 Å². The molecule has 3 N–H and O–H groups in total. The zero-order chi connectivity index (χ0) is 21.5. The first-order chi connectivity index (χ1) is 14.4. The topological polar surface area (TPSA) is 92.4 Å². The number of aryl methyl sites for hydroxylation is 3. The number of carbonyl (C=O) groups is 2. The molecule has 2 aromatic rings. The summed E-state index contributed by atoms with van der Waals surface area (Å²) in [6, 6.07) is 7.33. The van der Waals surface area contributed by atoms with Gasteiger partial charge in [-0.1, -0.05) is 23.8 Å². The van der Waals surface area contributed by atoms with Gasteiger partial charge < -0.3 is 20.7 Å². The van der Waals surface area contributed by atoms with Crippen LogP contribution in [0.3, 0.4) is 0 Å². The monoisotopic (exact) mass is 410 g/mol. The van der Waals surface area contributed by atoms with Gasteiger partial charge in [0.2, 0.25) is 11.8 Å². The summed E-state index contributed by atoms with van der Waals surface area (Å²) in [6.07, 6.45) is 6.56. The summed E-state index contributed by atoms with van der Waals surface area (Å²) in [7, 11) is 0. The molecular weight excluding hydrogens is 380 g/mol. The molecule has 1 heterocycles. The SMILES string of the molecule is Cc1cc(C)c(NC(=O)CNC(=O)NCc2ccc(OC3CCCC3)nc2)c(C)c1. The smallest absolute Gasteiger partial charge is 0.315 e. The maximum absolute atomic E-state index is 12.2. The Balaban J connectivity index is 1.40. The van der Waals surface area contributed by atoms with Crippen LogP contribution in [0.2, 0.25) is 0 Å². The summed E-state index contributed by atoms with van der Waals surface area (Å²) >= 11 is 0. The molecule has 30 heavy (non-hydrogen) atoms. The number of rotatable bonds is 7. The summed E-state index contributed by atoms with van der Waals surface area (Å²) < 4.78 is 5.84. The Morgan fingerprint density at radius 1 is 1.07 bits per heavy atom. The Morgan fingerprint density at radius 2 is 1.77 bits per heavy atom. The van der Waals surface area contributed by atoms with Crippen molar-refractivity contribution >= 4 is 17.6 Å². The van der Waals surface area contributed by atoms with E-state index in [1.165, 1.54) is 12.8 Å². The molecule has 0 bridgehead atoms. The zero-order valence-electron chi connectivity index (χ0n) is 17.9. The fraction of sp³-hybridized carbons (Fsp3) is 0.435. The minimum atomic E-state index is -0.409. The first-order valence-corrected chi connectivity index (χ1v) is 10.4. The van der Waals surface area contributed by atoms with Crippen LogP contribution in [0.4, 0.5) is 10.5 Å². The van der Waals surface area contributed by atoms with E-state index in [0.717, 1.165) is 40.8 Å². The minimum absolute atomic E-state index is 0.106. The Hall–Kier alpha value is -3.09. The maximum Gasteiger partial charge on any atom is 0.315 e. The van der Waals surface area contributed by atoms with Crippen LogP contribution < -0.4 is 20.7 Å². The van der Waals surface area contributed by atoms with Crippen LogP contribution in [-0.2, 0) is 11.3 Å². The van der Waals surface area contributed by atoms with E-state index < -0.39 is 6.03 Å². The van der Waals surface area contributed by atoms with Crippen molar-refractivity contribution in [3.8, 4) is 5.88 Å². The summed E-state index contributed by atoms with van der Waals surface area (Å²) in [5.41, 5.74) is 4.79. The number of carbonyl (C=O) groups excluding carboxylic acids is 2. The molecule has 1 aromatic carbocycles. The highest BCUT2D eigenvalue weighted by Gasteiger charge is 2.16. The number of urea groups is 1. The van der Waals surface area contributed by atoms with Crippen LogP contribution in [0.15, 0.2) is 30.5 Å². The first kappa shape index (κ1) is 21.6. The number of aromatic nitrogens is 1. The lowest BCUT2D eigenvalue weighted by atomic mass is 10.1. The molecular formula is C23H30N4O3. The number of hydrogen-bond donors (Lipinski definition) is 3. The molecule has 1 aliphatic carbocycles. The second kappa shape index (κ2) is 10.1. The Labute approximate surface area is 177 Å². The number of anilines is 1. The normalized spacial score (nSPS) is 13.7. The molecule has 1 fully saturated rings. The van der Waals surface area contributed by atoms with Crippen LogP contribution >= 0.6 is 0 Å². The van der Waals surface area contributed by atoms with Crippen LogP contribution in [0.5, 0.6) is 5.88 Å². The van der Waals surface area contributed by atoms with Gasteiger partial charge in [-0.3, -0.25) is 4.79 Å². The van der Waals surface area contributed by atoms with E-state index in [4.69, 9.17) is 4.74 Å². The van der Waals surface area contributed by atoms with Crippen molar-refractivity contribution < 1.29 is 14.3 Å². The number of hydrogen-bond acceptors (Lipinski definition) is 4. The number of amides is 3. The van der Waals surface area contributed by atoms with E-state index in [1.807, 2.05) is 45.0 Å². The lowest BCUT2D eigenvalue weighted by Crippen LogP contribution is -2.39. The van der Waals surface area contributed by atoms with Crippen molar-refractivity contribution in [1.29, 1.82) is 0 Å². The average Bonchev–Trinajstić information content (AvgIpc) is 3.21. The van der Waals surface area contributed by atoms with Gasteiger partial charge in [0.25, 0.3) is 0 Å². The third-order valence-electron chi connectivity index (χ3n) is 5.19. The number of ether oxygens (including phenoxy) is 1. The van der Waals surface area contributed by atoms with Gasteiger partial charge in [0.05, 0.1) is 6.54 Å². The molecule has 1 aliphatic rings. The number of pyridine rings is 1. The highest BCUT2D eigenvalue weighted by Crippen LogP contribution is 2.23. The molecule has 0 unspecified atom stereocenters. The van der Waals surface area contributed by atoms with E-state index in [0.29, 0.717) is 12.4 Å². The molecule has 1 aromatic heterocycles. The fourth-order valence-corrected chi connectivity index (χ4v) is 3.73. The second-order valence-corrected chi connectivity index (χ2v) is 7.89. The molecule has 0 aliphatic heterocycles. The molecule has 1 saturated carbocycles.